The van der Waals surface area contributed by atoms with Gasteiger partial charge in [-0.1, -0.05) is 41.9 Å². The molecule has 1 N–H and O–H groups in total. The SMILES string of the molecule is O=C(N[C@@H](CCn1cncn1)c1ccccc1)c1cncc(Cl)c1. The monoisotopic (exact) mass is 341 g/mol. The minimum Gasteiger partial charge on any atom is -0.345 e. The Morgan fingerprint density at radius 2 is 2.04 bits per heavy atom. The van der Waals surface area contributed by atoms with Crippen LogP contribution in [0.3, 0.4) is 0 Å². The molecule has 0 aliphatic carbocycles. The molecular weight excluding hydrogens is 326 g/mol. The van der Waals surface area contributed by atoms with Crippen molar-refractivity contribution in [2.24, 2.45) is 0 Å². The molecule has 0 radical (unpaired) electrons. The second-order valence-corrected chi connectivity index (χ2v) is 5.71. The maximum absolute atomic E-state index is 12.5. The van der Waals surface area contributed by atoms with Crippen molar-refractivity contribution < 1.29 is 4.79 Å². The van der Waals surface area contributed by atoms with Crippen LogP contribution in [0.1, 0.15) is 28.4 Å². The van der Waals surface area contributed by atoms with Gasteiger partial charge in [-0.25, -0.2) is 4.98 Å². The summed E-state index contributed by atoms with van der Waals surface area (Å²) >= 11 is 5.91. The number of amides is 1. The first-order chi connectivity index (χ1) is 11.7. The van der Waals surface area contributed by atoms with Gasteiger partial charge in [0.1, 0.15) is 12.7 Å². The number of benzene rings is 1. The van der Waals surface area contributed by atoms with Gasteiger partial charge in [-0.05, 0) is 18.1 Å². The van der Waals surface area contributed by atoms with Gasteiger partial charge in [-0.15, -0.1) is 0 Å². The number of halogens is 1. The van der Waals surface area contributed by atoms with E-state index in [0.717, 1.165) is 5.56 Å². The van der Waals surface area contributed by atoms with E-state index >= 15 is 0 Å². The number of carbonyl (C=O) groups is 1. The predicted octanol–water partition coefficient (Wildman–Crippen LogP) is 2.89. The van der Waals surface area contributed by atoms with E-state index in [2.05, 4.69) is 20.4 Å². The van der Waals surface area contributed by atoms with E-state index in [0.29, 0.717) is 23.6 Å². The maximum Gasteiger partial charge on any atom is 0.253 e. The second-order valence-electron chi connectivity index (χ2n) is 5.28. The summed E-state index contributed by atoms with van der Waals surface area (Å²) in [6.45, 7) is 0.646. The fraction of sp³-hybridized carbons (Fsp3) is 0.176. The Bertz CT molecular complexity index is 792. The zero-order chi connectivity index (χ0) is 16.8. The van der Waals surface area contributed by atoms with E-state index in [1.165, 1.54) is 18.7 Å². The average Bonchev–Trinajstić information content (AvgIpc) is 3.12. The lowest BCUT2D eigenvalue weighted by molar-refractivity contribution is 0.0933. The van der Waals surface area contributed by atoms with Crippen molar-refractivity contribution in [1.82, 2.24) is 25.1 Å². The van der Waals surface area contributed by atoms with Gasteiger partial charge in [-0.2, -0.15) is 5.10 Å². The van der Waals surface area contributed by atoms with Crippen molar-refractivity contribution in [3.05, 3.63) is 77.6 Å². The molecule has 0 aliphatic heterocycles. The van der Waals surface area contributed by atoms with E-state index in [9.17, 15) is 4.79 Å². The molecule has 24 heavy (non-hydrogen) atoms. The van der Waals surface area contributed by atoms with Crippen LogP contribution in [0.5, 0.6) is 0 Å². The molecule has 3 aromatic rings. The minimum atomic E-state index is -0.211. The molecule has 0 saturated heterocycles. The Balaban J connectivity index is 1.75. The number of carbonyl (C=O) groups excluding carboxylic acids is 1. The molecule has 122 valence electrons. The zero-order valence-corrected chi connectivity index (χ0v) is 13.6. The highest BCUT2D eigenvalue weighted by molar-refractivity contribution is 6.30. The Morgan fingerprint density at radius 1 is 1.21 bits per heavy atom. The van der Waals surface area contributed by atoms with Crippen molar-refractivity contribution >= 4 is 17.5 Å². The molecule has 0 bridgehead atoms. The Labute approximate surface area is 144 Å². The van der Waals surface area contributed by atoms with Gasteiger partial charge in [0.2, 0.25) is 0 Å². The van der Waals surface area contributed by atoms with E-state index in [-0.39, 0.29) is 11.9 Å². The first-order valence-corrected chi connectivity index (χ1v) is 7.89. The fourth-order valence-electron chi connectivity index (χ4n) is 2.39. The molecule has 7 heteroatoms. The lowest BCUT2D eigenvalue weighted by atomic mass is 10.0. The summed E-state index contributed by atoms with van der Waals surface area (Å²) < 4.78 is 1.74. The van der Waals surface area contributed by atoms with Gasteiger partial charge in [0.05, 0.1) is 16.6 Å². The summed E-state index contributed by atoms with van der Waals surface area (Å²) in [5, 5.41) is 7.57. The van der Waals surface area contributed by atoms with Crippen LogP contribution in [0.15, 0.2) is 61.4 Å². The highest BCUT2D eigenvalue weighted by Gasteiger charge is 2.16. The highest BCUT2D eigenvalue weighted by atomic mass is 35.5. The smallest absolute Gasteiger partial charge is 0.253 e. The number of aromatic nitrogens is 4. The number of nitrogens with zero attached hydrogens (tertiary/aromatic N) is 4. The Morgan fingerprint density at radius 3 is 2.75 bits per heavy atom. The van der Waals surface area contributed by atoms with Crippen molar-refractivity contribution in [3.63, 3.8) is 0 Å². The molecule has 0 spiro atoms. The average molecular weight is 342 g/mol. The molecule has 2 heterocycles. The fourth-order valence-corrected chi connectivity index (χ4v) is 2.57. The molecule has 2 aromatic heterocycles. The summed E-state index contributed by atoms with van der Waals surface area (Å²) in [5.41, 5.74) is 1.46. The predicted molar refractivity (Wildman–Crippen MR) is 90.5 cm³/mol. The molecule has 0 unspecified atom stereocenters. The van der Waals surface area contributed by atoms with Gasteiger partial charge >= 0.3 is 0 Å². The number of aryl methyl sites for hydroxylation is 1. The summed E-state index contributed by atoms with van der Waals surface area (Å²) in [7, 11) is 0. The summed E-state index contributed by atoms with van der Waals surface area (Å²) in [6.07, 6.45) is 6.84. The third-order valence-electron chi connectivity index (χ3n) is 3.59. The van der Waals surface area contributed by atoms with Crippen LogP contribution in [0.4, 0.5) is 0 Å². The largest absolute Gasteiger partial charge is 0.345 e. The van der Waals surface area contributed by atoms with Gasteiger partial charge in [0, 0.05) is 18.9 Å². The molecule has 1 amide bonds. The Hall–Kier alpha value is -2.73. The standard InChI is InChI=1S/C17H16ClN5O/c18-15-8-14(9-19-10-15)17(24)22-16(13-4-2-1-3-5-13)6-7-23-12-20-11-21-23/h1-5,8-12,16H,6-7H2,(H,22,24)/t16-/m0/s1. The Kier molecular flexibility index (Phi) is 5.18. The molecule has 0 saturated carbocycles. The van der Waals surface area contributed by atoms with Crippen LogP contribution in [-0.4, -0.2) is 25.7 Å². The second kappa shape index (κ2) is 7.70. The number of pyridine rings is 1. The summed E-state index contributed by atoms with van der Waals surface area (Å²) in [6, 6.07) is 11.3. The summed E-state index contributed by atoms with van der Waals surface area (Å²) in [5.74, 6) is -0.211. The first-order valence-electron chi connectivity index (χ1n) is 7.51. The van der Waals surface area contributed by atoms with Crippen LogP contribution in [0.25, 0.3) is 0 Å². The highest BCUT2D eigenvalue weighted by Crippen LogP contribution is 2.18. The third kappa shape index (κ3) is 4.17. The van der Waals surface area contributed by atoms with Crippen molar-refractivity contribution in [2.45, 2.75) is 19.0 Å². The topological polar surface area (TPSA) is 72.7 Å². The molecule has 3 rings (SSSR count). The van der Waals surface area contributed by atoms with Crippen molar-refractivity contribution in [1.29, 1.82) is 0 Å². The summed E-state index contributed by atoms with van der Waals surface area (Å²) in [4.78, 5) is 20.4. The lowest BCUT2D eigenvalue weighted by Crippen LogP contribution is -2.29. The zero-order valence-electron chi connectivity index (χ0n) is 12.8. The first kappa shape index (κ1) is 16.1. The van der Waals surface area contributed by atoms with Gasteiger partial charge in [0.25, 0.3) is 5.91 Å². The van der Waals surface area contributed by atoms with Crippen molar-refractivity contribution in [2.75, 3.05) is 0 Å². The van der Waals surface area contributed by atoms with Crippen LogP contribution >= 0.6 is 11.6 Å². The molecule has 0 aliphatic rings. The van der Waals surface area contributed by atoms with E-state index in [1.54, 1.807) is 17.1 Å². The molecule has 1 atom stereocenters. The van der Waals surface area contributed by atoms with Crippen LogP contribution in [0.2, 0.25) is 5.02 Å². The number of hydrogen-bond acceptors (Lipinski definition) is 4. The van der Waals surface area contributed by atoms with Gasteiger partial charge in [0.15, 0.2) is 0 Å². The number of rotatable bonds is 6. The lowest BCUT2D eigenvalue weighted by Gasteiger charge is -2.19. The third-order valence-corrected chi connectivity index (χ3v) is 3.79. The van der Waals surface area contributed by atoms with Crippen LogP contribution in [-0.2, 0) is 6.54 Å². The number of hydrogen-bond donors (Lipinski definition) is 1. The van der Waals surface area contributed by atoms with E-state index < -0.39 is 0 Å². The van der Waals surface area contributed by atoms with E-state index in [4.69, 9.17) is 11.6 Å². The molecular formula is C17H16ClN5O. The molecule has 6 nitrogen and oxygen atoms in total. The minimum absolute atomic E-state index is 0.151. The van der Waals surface area contributed by atoms with Crippen molar-refractivity contribution in [3.8, 4) is 0 Å². The quantitative estimate of drug-likeness (QED) is 0.748. The number of nitrogens with one attached hydrogen (secondary N) is 1. The van der Waals surface area contributed by atoms with Crippen LogP contribution in [0, 0.1) is 0 Å². The van der Waals surface area contributed by atoms with Gasteiger partial charge in [-0.3, -0.25) is 14.5 Å². The van der Waals surface area contributed by atoms with Crippen LogP contribution < -0.4 is 5.32 Å². The molecule has 1 aromatic carbocycles. The van der Waals surface area contributed by atoms with E-state index in [1.807, 2.05) is 30.3 Å². The van der Waals surface area contributed by atoms with Gasteiger partial charge < -0.3 is 5.32 Å². The normalized spacial score (nSPS) is 11.9. The molecule has 0 fully saturated rings. The maximum atomic E-state index is 12.5.